The number of hydrogen-bond donors (Lipinski definition) is 0. The lowest BCUT2D eigenvalue weighted by Gasteiger charge is -2.02. The first-order chi connectivity index (χ1) is 7.56. The lowest BCUT2D eigenvalue weighted by atomic mass is 10.1. The molecule has 0 aliphatic heterocycles. The minimum atomic E-state index is -0.967. The molecule has 0 fully saturated rings. The van der Waals surface area contributed by atoms with Crippen molar-refractivity contribution in [2.45, 2.75) is 13.8 Å². The molecule has 86 valence electrons. The van der Waals surface area contributed by atoms with E-state index in [9.17, 15) is 13.6 Å². The summed E-state index contributed by atoms with van der Waals surface area (Å²) in [5.74, 6) is -2.44. The normalized spacial score (nSPS) is 11.4. The predicted molar refractivity (Wildman–Crippen MR) is 56.6 cm³/mol. The lowest BCUT2D eigenvalue weighted by Crippen LogP contribution is -2.05. The third-order valence-corrected chi connectivity index (χ3v) is 1.95. The molecule has 0 N–H and O–H groups in total. The number of benzene rings is 1. The summed E-state index contributed by atoms with van der Waals surface area (Å²) >= 11 is 0. The fraction of sp³-hybridized carbons (Fsp3) is 0.250. The van der Waals surface area contributed by atoms with Crippen LogP contribution < -0.4 is 0 Å². The summed E-state index contributed by atoms with van der Waals surface area (Å²) in [5.41, 5.74) is 0.261. The second-order valence-electron chi connectivity index (χ2n) is 3.19. The third-order valence-electron chi connectivity index (χ3n) is 1.95. The van der Waals surface area contributed by atoms with Crippen LogP contribution >= 0.6 is 0 Å². The van der Waals surface area contributed by atoms with E-state index >= 15 is 0 Å². The number of carbonyl (C=O) groups excluding carboxylic acids is 1. The molecule has 0 heterocycles. The second-order valence-corrected chi connectivity index (χ2v) is 3.19. The van der Waals surface area contributed by atoms with E-state index in [1.165, 1.54) is 25.1 Å². The predicted octanol–water partition coefficient (Wildman–Crippen LogP) is 2.93. The van der Waals surface area contributed by atoms with Crippen LogP contribution in [0.1, 0.15) is 19.4 Å². The first-order valence-corrected chi connectivity index (χ1v) is 4.85. The Morgan fingerprint density at radius 3 is 2.75 bits per heavy atom. The summed E-state index contributed by atoms with van der Waals surface area (Å²) in [4.78, 5) is 11.2. The van der Waals surface area contributed by atoms with Gasteiger partial charge in [0.25, 0.3) is 0 Å². The van der Waals surface area contributed by atoms with Gasteiger partial charge in [-0.25, -0.2) is 13.6 Å². The molecule has 0 aliphatic rings. The molecule has 2 nitrogen and oxygen atoms in total. The quantitative estimate of drug-likeness (QED) is 0.585. The van der Waals surface area contributed by atoms with E-state index in [0.29, 0.717) is 0 Å². The van der Waals surface area contributed by atoms with Gasteiger partial charge in [-0.15, -0.1) is 0 Å². The van der Waals surface area contributed by atoms with Crippen LogP contribution in [0.25, 0.3) is 6.08 Å². The van der Waals surface area contributed by atoms with Gasteiger partial charge in [0, 0.05) is 11.1 Å². The molecule has 0 bridgehead atoms. The average molecular weight is 226 g/mol. The largest absolute Gasteiger partial charge is 0.463 e. The molecule has 1 aromatic rings. The van der Waals surface area contributed by atoms with E-state index in [1.807, 2.05) is 0 Å². The summed E-state index contributed by atoms with van der Waals surface area (Å²) in [6, 6.07) is 3.79. The zero-order valence-corrected chi connectivity index (χ0v) is 9.09. The summed E-state index contributed by atoms with van der Waals surface area (Å²) in [6.45, 7) is 3.41. The number of carbonyl (C=O) groups is 1. The molecule has 0 amide bonds. The number of hydrogen-bond acceptors (Lipinski definition) is 2. The zero-order chi connectivity index (χ0) is 12.1. The number of ether oxygens (including phenoxy) is 1. The van der Waals surface area contributed by atoms with Crippen LogP contribution in [-0.4, -0.2) is 12.6 Å². The molecule has 0 saturated carbocycles. The van der Waals surface area contributed by atoms with Gasteiger partial charge in [0.2, 0.25) is 0 Å². The van der Waals surface area contributed by atoms with Gasteiger partial charge in [-0.3, -0.25) is 0 Å². The van der Waals surface area contributed by atoms with E-state index in [-0.39, 0.29) is 17.7 Å². The fourth-order valence-corrected chi connectivity index (χ4v) is 1.17. The monoisotopic (exact) mass is 226 g/mol. The Morgan fingerprint density at radius 2 is 2.12 bits per heavy atom. The lowest BCUT2D eigenvalue weighted by molar-refractivity contribution is -0.138. The molecule has 0 aromatic heterocycles. The smallest absolute Gasteiger partial charge is 0.333 e. The van der Waals surface area contributed by atoms with Gasteiger partial charge in [-0.2, -0.15) is 0 Å². The van der Waals surface area contributed by atoms with Crippen molar-refractivity contribution in [2.24, 2.45) is 0 Å². The van der Waals surface area contributed by atoms with Crippen molar-refractivity contribution < 1.29 is 18.3 Å². The standard InChI is InChI=1S/C12H12F2O2/c1-3-16-12(15)8(2)7-9-5-4-6-10(13)11(9)14/h4-7H,3H2,1-2H3/b8-7+. The Balaban J connectivity index is 2.98. The van der Waals surface area contributed by atoms with Crippen molar-refractivity contribution in [3.05, 3.63) is 41.0 Å². The maximum Gasteiger partial charge on any atom is 0.333 e. The Morgan fingerprint density at radius 1 is 1.44 bits per heavy atom. The summed E-state index contributed by atoms with van der Waals surface area (Å²) in [6.07, 6.45) is 1.26. The van der Waals surface area contributed by atoms with E-state index in [1.54, 1.807) is 6.92 Å². The van der Waals surface area contributed by atoms with Crippen LogP contribution in [0.3, 0.4) is 0 Å². The summed E-state index contributed by atoms with van der Waals surface area (Å²) < 4.78 is 30.8. The van der Waals surface area contributed by atoms with Crippen LogP contribution in [0.2, 0.25) is 0 Å². The molecule has 1 rings (SSSR count). The van der Waals surface area contributed by atoms with Gasteiger partial charge in [-0.05, 0) is 26.0 Å². The highest BCUT2D eigenvalue weighted by molar-refractivity contribution is 5.93. The zero-order valence-electron chi connectivity index (χ0n) is 9.09. The van der Waals surface area contributed by atoms with Gasteiger partial charge >= 0.3 is 5.97 Å². The Hall–Kier alpha value is -1.71. The summed E-state index contributed by atoms with van der Waals surface area (Å²) in [7, 11) is 0. The van der Waals surface area contributed by atoms with Crippen LogP contribution in [0, 0.1) is 11.6 Å². The first kappa shape index (κ1) is 12.4. The third kappa shape index (κ3) is 2.89. The highest BCUT2D eigenvalue weighted by Crippen LogP contribution is 2.15. The molecule has 0 atom stereocenters. The Bertz CT molecular complexity index is 425. The molecular formula is C12H12F2O2. The molecule has 1 aromatic carbocycles. The van der Waals surface area contributed by atoms with Gasteiger partial charge in [-0.1, -0.05) is 12.1 Å². The number of halogens is 2. The van der Waals surface area contributed by atoms with Gasteiger partial charge < -0.3 is 4.74 Å². The van der Waals surface area contributed by atoms with Gasteiger partial charge in [0.15, 0.2) is 11.6 Å². The van der Waals surface area contributed by atoms with Crippen LogP contribution in [0.5, 0.6) is 0 Å². The van der Waals surface area contributed by atoms with Crippen molar-refractivity contribution in [1.82, 2.24) is 0 Å². The molecule has 0 saturated heterocycles. The van der Waals surface area contributed by atoms with Crippen molar-refractivity contribution >= 4 is 12.0 Å². The summed E-state index contributed by atoms with van der Waals surface area (Å²) in [5, 5.41) is 0. The molecule has 0 unspecified atom stereocenters. The molecule has 0 spiro atoms. The fourth-order valence-electron chi connectivity index (χ4n) is 1.17. The molecule has 0 aliphatic carbocycles. The topological polar surface area (TPSA) is 26.3 Å². The van der Waals surface area contributed by atoms with E-state index in [0.717, 1.165) is 6.07 Å². The van der Waals surface area contributed by atoms with Gasteiger partial charge in [0.05, 0.1) is 6.61 Å². The highest BCUT2D eigenvalue weighted by Gasteiger charge is 2.09. The van der Waals surface area contributed by atoms with Crippen molar-refractivity contribution in [3.63, 3.8) is 0 Å². The van der Waals surface area contributed by atoms with E-state index in [2.05, 4.69) is 0 Å². The molecular weight excluding hydrogens is 214 g/mol. The van der Waals surface area contributed by atoms with Crippen LogP contribution in [-0.2, 0) is 9.53 Å². The maximum atomic E-state index is 13.2. The van der Waals surface area contributed by atoms with Crippen molar-refractivity contribution in [1.29, 1.82) is 0 Å². The van der Waals surface area contributed by atoms with E-state index in [4.69, 9.17) is 4.74 Å². The number of esters is 1. The Kier molecular flexibility index (Phi) is 4.17. The van der Waals surface area contributed by atoms with Crippen molar-refractivity contribution in [3.8, 4) is 0 Å². The molecule has 4 heteroatoms. The second kappa shape index (κ2) is 5.39. The highest BCUT2D eigenvalue weighted by atomic mass is 19.2. The van der Waals surface area contributed by atoms with Crippen LogP contribution in [0.15, 0.2) is 23.8 Å². The van der Waals surface area contributed by atoms with Crippen molar-refractivity contribution in [2.75, 3.05) is 6.61 Å². The van der Waals surface area contributed by atoms with E-state index < -0.39 is 17.6 Å². The Labute approximate surface area is 92.5 Å². The minimum Gasteiger partial charge on any atom is -0.463 e. The van der Waals surface area contributed by atoms with Crippen LogP contribution in [0.4, 0.5) is 8.78 Å². The SMILES string of the molecule is CCOC(=O)/C(C)=C/c1cccc(F)c1F. The minimum absolute atomic E-state index is 0.0329. The van der Waals surface area contributed by atoms with Gasteiger partial charge in [0.1, 0.15) is 0 Å². The average Bonchev–Trinajstić information content (AvgIpc) is 2.25. The maximum absolute atomic E-state index is 13.2. The first-order valence-electron chi connectivity index (χ1n) is 4.85. The number of rotatable bonds is 3. The molecule has 16 heavy (non-hydrogen) atoms. The molecule has 0 radical (unpaired) electrons.